The van der Waals surface area contributed by atoms with Crippen molar-refractivity contribution in [1.29, 1.82) is 0 Å². The monoisotopic (exact) mass is 664 g/mol. The Kier molecular flexibility index (Phi) is 13.8. The number of hydrogen-bond acceptors (Lipinski definition) is 5. The number of phenols is 1. The smallest absolute Gasteiger partial charge is 0.144 e. The van der Waals surface area contributed by atoms with Gasteiger partial charge in [-0.3, -0.25) is 4.99 Å². The van der Waals surface area contributed by atoms with E-state index in [9.17, 15) is 10.2 Å². The van der Waals surface area contributed by atoms with Crippen LogP contribution < -0.4 is 9.47 Å². The Balaban J connectivity index is 0.00000705. The molecule has 1 radical (unpaired) electrons. The van der Waals surface area contributed by atoms with Crippen molar-refractivity contribution >= 4 is 6.21 Å². The van der Waals surface area contributed by atoms with E-state index in [4.69, 9.17) is 14.5 Å². The van der Waals surface area contributed by atoms with Gasteiger partial charge in [-0.1, -0.05) is 92.5 Å². The molecule has 45 heavy (non-hydrogen) atoms. The topological polar surface area (TPSA) is 71.3 Å². The first-order valence-corrected chi connectivity index (χ1v) is 16.2. The van der Waals surface area contributed by atoms with E-state index in [0.29, 0.717) is 41.4 Å². The van der Waals surface area contributed by atoms with Crippen LogP contribution in [0, 0.1) is 6.92 Å². The van der Waals surface area contributed by atoms with E-state index < -0.39 is 11.6 Å². The summed E-state index contributed by atoms with van der Waals surface area (Å²) < 4.78 is 12.8. The zero-order valence-corrected chi connectivity index (χ0v) is 30.0. The molecular formula is C39H55CuNO4. The summed E-state index contributed by atoms with van der Waals surface area (Å²) in [5, 5.41) is 24.1. The Labute approximate surface area is 283 Å². The molecule has 0 bridgehead atoms. The predicted molar refractivity (Wildman–Crippen MR) is 184 cm³/mol. The van der Waals surface area contributed by atoms with Gasteiger partial charge in [0, 0.05) is 40.0 Å². The van der Waals surface area contributed by atoms with Gasteiger partial charge in [-0.05, 0) is 84.5 Å². The average molecular weight is 665 g/mol. The molecule has 0 spiro atoms. The molecule has 0 aromatic heterocycles. The Morgan fingerprint density at radius 3 is 1.67 bits per heavy atom. The van der Waals surface area contributed by atoms with Crippen LogP contribution in [0.1, 0.15) is 121 Å². The van der Waals surface area contributed by atoms with Gasteiger partial charge in [0.1, 0.15) is 22.8 Å². The fourth-order valence-corrected chi connectivity index (χ4v) is 5.17. The molecular weight excluding hydrogens is 610 g/mol. The Bertz CT molecular complexity index is 1350. The minimum atomic E-state index is -1.62. The second-order valence-electron chi connectivity index (χ2n) is 14.1. The summed E-state index contributed by atoms with van der Waals surface area (Å²) in [6, 6.07) is 17.2. The fraction of sp³-hybridized carbons (Fsp3) is 0.513. The zero-order valence-electron chi connectivity index (χ0n) is 29.1. The molecule has 3 rings (SSSR count). The number of ether oxygens (including phenoxy) is 2. The zero-order chi connectivity index (χ0) is 32.7. The Morgan fingerprint density at radius 1 is 0.778 bits per heavy atom. The largest absolute Gasteiger partial charge is 0.507 e. The summed E-state index contributed by atoms with van der Waals surface area (Å²) in [4.78, 5) is 4.93. The average Bonchev–Trinajstić information content (AvgIpc) is 2.96. The fourth-order valence-electron chi connectivity index (χ4n) is 5.17. The molecule has 0 aliphatic heterocycles. The van der Waals surface area contributed by atoms with E-state index in [1.54, 1.807) is 6.21 Å². The van der Waals surface area contributed by atoms with E-state index in [1.807, 2.05) is 44.2 Å². The van der Waals surface area contributed by atoms with Gasteiger partial charge in [-0.25, -0.2) is 0 Å². The van der Waals surface area contributed by atoms with E-state index in [1.165, 1.54) is 0 Å². The van der Waals surface area contributed by atoms with E-state index in [2.05, 4.69) is 79.7 Å². The molecule has 251 valence electrons. The third-order valence-electron chi connectivity index (χ3n) is 8.33. The number of benzene rings is 3. The number of phenolic OH excluding ortho intramolecular Hbond substituents is 1. The normalized spacial score (nSPS) is 13.0. The van der Waals surface area contributed by atoms with Crippen LogP contribution in [0.25, 0.3) is 0 Å². The molecule has 2 N–H and O–H groups in total. The van der Waals surface area contributed by atoms with Gasteiger partial charge in [-0.15, -0.1) is 0 Å². The third kappa shape index (κ3) is 9.37. The molecule has 0 heterocycles. The number of aliphatic hydroxyl groups is 1. The van der Waals surface area contributed by atoms with Gasteiger partial charge in [0.25, 0.3) is 0 Å². The van der Waals surface area contributed by atoms with Crippen molar-refractivity contribution in [3.05, 3.63) is 88.0 Å². The van der Waals surface area contributed by atoms with Crippen LogP contribution in [0.2, 0.25) is 0 Å². The maximum absolute atomic E-state index is 13.3. The van der Waals surface area contributed by atoms with Crippen molar-refractivity contribution in [3.8, 4) is 17.2 Å². The summed E-state index contributed by atoms with van der Waals surface area (Å²) in [7, 11) is 0. The molecule has 0 aliphatic carbocycles. The number of para-hydroxylation sites is 1. The van der Waals surface area contributed by atoms with Crippen molar-refractivity contribution in [2.75, 3.05) is 13.2 Å². The molecule has 0 saturated carbocycles. The molecule has 3 aromatic rings. The molecule has 0 fully saturated rings. The molecule has 0 aliphatic rings. The van der Waals surface area contributed by atoms with Crippen molar-refractivity contribution < 1.29 is 36.8 Å². The third-order valence-corrected chi connectivity index (χ3v) is 8.33. The number of nitrogens with zero attached hydrogens (tertiary/aromatic N) is 1. The van der Waals surface area contributed by atoms with Crippen LogP contribution in [-0.4, -0.2) is 35.7 Å². The van der Waals surface area contributed by atoms with Crippen LogP contribution in [0.4, 0.5) is 0 Å². The first kappa shape index (κ1) is 38.4. The minimum absolute atomic E-state index is 0. The number of rotatable bonds is 13. The summed E-state index contributed by atoms with van der Waals surface area (Å²) >= 11 is 0. The second-order valence-corrected chi connectivity index (χ2v) is 14.1. The van der Waals surface area contributed by atoms with Gasteiger partial charge in [0.2, 0.25) is 0 Å². The summed E-state index contributed by atoms with van der Waals surface area (Å²) in [5.41, 5.74) is 2.91. The van der Waals surface area contributed by atoms with Crippen molar-refractivity contribution in [2.24, 2.45) is 4.99 Å². The predicted octanol–water partition coefficient (Wildman–Crippen LogP) is 9.39. The molecule has 0 saturated heterocycles. The molecule has 0 unspecified atom stereocenters. The first-order chi connectivity index (χ1) is 20.6. The van der Waals surface area contributed by atoms with E-state index in [0.717, 1.165) is 42.4 Å². The Hall–Kier alpha value is -2.79. The van der Waals surface area contributed by atoms with Gasteiger partial charge in [0.15, 0.2) is 0 Å². The van der Waals surface area contributed by atoms with Crippen molar-refractivity contribution in [3.63, 3.8) is 0 Å². The van der Waals surface area contributed by atoms with E-state index in [-0.39, 0.29) is 33.6 Å². The van der Waals surface area contributed by atoms with Crippen LogP contribution in [0.3, 0.4) is 0 Å². The van der Waals surface area contributed by atoms with Crippen molar-refractivity contribution in [1.82, 2.24) is 0 Å². The van der Waals surface area contributed by atoms with Crippen LogP contribution in [0.5, 0.6) is 17.2 Å². The van der Waals surface area contributed by atoms with Crippen LogP contribution in [0.15, 0.2) is 59.6 Å². The summed E-state index contributed by atoms with van der Waals surface area (Å²) in [6.45, 7) is 22.2. The van der Waals surface area contributed by atoms with Gasteiger partial charge in [-0.2, -0.15) is 0 Å². The van der Waals surface area contributed by atoms with Gasteiger partial charge >= 0.3 is 0 Å². The van der Waals surface area contributed by atoms with Crippen LogP contribution in [-0.2, 0) is 33.5 Å². The molecule has 6 heteroatoms. The van der Waals surface area contributed by atoms with Gasteiger partial charge < -0.3 is 19.7 Å². The van der Waals surface area contributed by atoms with Gasteiger partial charge in [0.05, 0.1) is 19.3 Å². The minimum Gasteiger partial charge on any atom is -0.507 e. The molecule has 5 nitrogen and oxygen atoms in total. The quantitative estimate of drug-likeness (QED) is 0.108. The number of aromatic hydroxyl groups is 1. The van der Waals surface area contributed by atoms with E-state index >= 15 is 0 Å². The maximum Gasteiger partial charge on any atom is 0.144 e. The Morgan fingerprint density at radius 2 is 1.24 bits per heavy atom. The van der Waals surface area contributed by atoms with Crippen LogP contribution >= 0.6 is 0 Å². The number of unbranched alkanes of at least 4 members (excludes halogenated alkanes) is 2. The second kappa shape index (κ2) is 16.2. The first-order valence-electron chi connectivity index (χ1n) is 16.2. The molecule has 0 amide bonds. The molecule has 3 aromatic carbocycles. The number of hydrogen-bond donors (Lipinski definition) is 2. The summed E-state index contributed by atoms with van der Waals surface area (Å²) in [6.07, 6.45) is 5.48. The number of aryl methyl sites for hydroxylation is 1. The SMILES string of the molecule is CCCCOc1ccc(C(C)(C)C)cc1C(O)(c1cc(C(C)(C)C)ccc1OCCCC)[C@@H](C)N=Cc1cccc(C)c1O.[Cu]. The standard InChI is InChI=1S/C39H55NO4.Cu/c1-11-13-22-43-34-20-18-30(37(5,6)7)24-32(34)39(42,28(4)40-26-29-17-15-16-27(3)36(29)41)33-25-31(38(8,9)10)19-21-35(33)44-23-14-12-2;/h15-21,24-26,28,41-42H,11-14,22-23H2,1-10H3;/t28-;/m1./s1. The number of aliphatic imine (C=N–C) groups is 1. The maximum atomic E-state index is 13.3. The molecule has 1 atom stereocenters. The van der Waals surface area contributed by atoms with Crippen molar-refractivity contribution in [2.45, 2.75) is 117 Å². The summed E-state index contributed by atoms with van der Waals surface area (Å²) in [5.74, 6) is 1.45.